The molecule has 2 aliphatic heterocycles. The third kappa shape index (κ3) is 2.84. The van der Waals surface area contributed by atoms with Gasteiger partial charge >= 0.3 is 0 Å². The summed E-state index contributed by atoms with van der Waals surface area (Å²) in [6.07, 6.45) is 2.43. The number of nitrogens with zero attached hydrogens (tertiary/aromatic N) is 2. The Bertz CT molecular complexity index is 878. The zero-order chi connectivity index (χ0) is 18.3. The van der Waals surface area contributed by atoms with Gasteiger partial charge in [0.25, 0.3) is 11.5 Å². The Hall–Kier alpha value is -2.47. The SMILES string of the molecule is CO[C@H](C(=O)N1[C@H]2CC[C@H]1Cc1c(nc(C)[nH]c1=O)C2)c1ccccc1. The topological polar surface area (TPSA) is 75.3 Å². The number of aromatic amines is 1. The van der Waals surface area contributed by atoms with Crippen molar-refractivity contribution in [2.75, 3.05) is 7.11 Å². The first-order valence-electron chi connectivity index (χ1n) is 9.07. The second-order valence-electron chi connectivity index (χ2n) is 7.14. The third-order valence-corrected chi connectivity index (χ3v) is 5.52. The van der Waals surface area contributed by atoms with E-state index in [0.29, 0.717) is 18.7 Å². The number of benzene rings is 1. The van der Waals surface area contributed by atoms with Gasteiger partial charge in [0.1, 0.15) is 5.82 Å². The molecule has 0 aliphatic carbocycles. The van der Waals surface area contributed by atoms with Gasteiger partial charge in [0.05, 0.1) is 5.69 Å². The zero-order valence-corrected chi connectivity index (χ0v) is 15.1. The molecule has 1 saturated heterocycles. The Labute approximate surface area is 152 Å². The number of ether oxygens (including phenoxy) is 1. The summed E-state index contributed by atoms with van der Waals surface area (Å²) in [5, 5.41) is 0. The van der Waals surface area contributed by atoms with Gasteiger partial charge in [0, 0.05) is 37.6 Å². The number of carbonyl (C=O) groups excluding carboxylic acids is 1. The number of carbonyl (C=O) groups is 1. The number of aromatic nitrogens is 2. The molecule has 1 fully saturated rings. The highest BCUT2D eigenvalue weighted by molar-refractivity contribution is 5.83. The molecule has 1 aromatic heterocycles. The molecular weight excluding hydrogens is 330 g/mol. The van der Waals surface area contributed by atoms with E-state index in [4.69, 9.17) is 4.74 Å². The molecular formula is C20H23N3O3. The molecule has 2 aromatic rings. The van der Waals surface area contributed by atoms with Crippen LogP contribution >= 0.6 is 0 Å². The molecule has 0 spiro atoms. The third-order valence-electron chi connectivity index (χ3n) is 5.52. The van der Waals surface area contributed by atoms with Gasteiger partial charge < -0.3 is 14.6 Å². The Morgan fingerprint density at radius 1 is 1.23 bits per heavy atom. The van der Waals surface area contributed by atoms with Gasteiger partial charge in [-0.15, -0.1) is 0 Å². The molecule has 3 atom stereocenters. The summed E-state index contributed by atoms with van der Waals surface area (Å²) < 4.78 is 5.56. The van der Waals surface area contributed by atoms with Crippen LogP contribution in [0.4, 0.5) is 0 Å². The molecule has 0 saturated carbocycles. The number of hydrogen-bond donors (Lipinski definition) is 1. The lowest BCUT2D eigenvalue weighted by atomic mass is 9.98. The molecule has 4 rings (SSSR count). The fourth-order valence-electron chi connectivity index (χ4n) is 4.37. The smallest absolute Gasteiger partial charge is 0.256 e. The maximum atomic E-state index is 13.3. The Morgan fingerprint density at radius 2 is 1.92 bits per heavy atom. The second kappa shape index (κ2) is 6.68. The van der Waals surface area contributed by atoms with E-state index in [1.54, 1.807) is 14.0 Å². The number of aryl methyl sites for hydroxylation is 1. The molecule has 2 aliphatic rings. The molecule has 0 unspecified atom stereocenters. The van der Waals surface area contributed by atoms with Gasteiger partial charge in [-0.1, -0.05) is 30.3 Å². The molecule has 136 valence electrons. The highest BCUT2D eigenvalue weighted by Crippen LogP contribution is 2.35. The molecule has 2 bridgehead atoms. The Morgan fingerprint density at radius 3 is 2.62 bits per heavy atom. The average Bonchev–Trinajstić information content (AvgIpc) is 2.92. The fourth-order valence-corrected chi connectivity index (χ4v) is 4.37. The van der Waals surface area contributed by atoms with Crippen LogP contribution in [0.2, 0.25) is 0 Å². The monoisotopic (exact) mass is 353 g/mol. The zero-order valence-electron chi connectivity index (χ0n) is 15.1. The van der Waals surface area contributed by atoms with E-state index in [-0.39, 0.29) is 23.6 Å². The van der Waals surface area contributed by atoms with E-state index in [9.17, 15) is 9.59 Å². The Balaban J connectivity index is 1.67. The maximum absolute atomic E-state index is 13.3. The van der Waals surface area contributed by atoms with Crippen LogP contribution in [0, 0.1) is 6.92 Å². The van der Waals surface area contributed by atoms with E-state index in [0.717, 1.165) is 29.7 Å². The van der Waals surface area contributed by atoms with Crippen LogP contribution < -0.4 is 5.56 Å². The number of methoxy groups -OCH3 is 1. The van der Waals surface area contributed by atoms with Gasteiger partial charge in [0.2, 0.25) is 0 Å². The largest absolute Gasteiger partial charge is 0.367 e. The van der Waals surface area contributed by atoms with E-state index in [1.165, 1.54) is 0 Å². The minimum Gasteiger partial charge on any atom is -0.367 e. The van der Waals surface area contributed by atoms with Crippen LogP contribution in [-0.4, -0.2) is 40.0 Å². The second-order valence-corrected chi connectivity index (χ2v) is 7.14. The first-order chi connectivity index (χ1) is 12.6. The van der Waals surface area contributed by atoms with Crippen LogP contribution in [0.25, 0.3) is 0 Å². The van der Waals surface area contributed by atoms with Gasteiger partial charge in [-0.05, 0) is 25.3 Å². The minimum absolute atomic E-state index is 0.0212. The predicted molar refractivity (Wildman–Crippen MR) is 96.9 cm³/mol. The summed E-state index contributed by atoms with van der Waals surface area (Å²) in [5.74, 6) is 0.607. The lowest BCUT2D eigenvalue weighted by Gasteiger charge is -2.31. The maximum Gasteiger partial charge on any atom is 0.256 e. The number of fused-ring (bicyclic) bond motifs is 3. The summed E-state index contributed by atoms with van der Waals surface area (Å²) in [4.78, 5) is 35.0. The molecule has 6 nitrogen and oxygen atoms in total. The summed E-state index contributed by atoms with van der Waals surface area (Å²) in [7, 11) is 1.57. The molecule has 26 heavy (non-hydrogen) atoms. The molecule has 1 N–H and O–H groups in total. The molecule has 6 heteroatoms. The van der Waals surface area contributed by atoms with Crippen molar-refractivity contribution >= 4 is 5.91 Å². The highest BCUT2D eigenvalue weighted by atomic mass is 16.5. The normalized spacial score (nSPS) is 22.6. The van der Waals surface area contributed by atoms with Crippen LogP contribution in [0.3, 0.4) is 0 Å². The number of rotatable bonds is 3. The molecule has 1 aromatic carbocycles. The van der Waals surface area contributed by atoms with Gasteiger partial charge in [-0.3, -0.25) is 9.59 Å². The fraction of sp³-hybridized carbons (Fsp3) is 0.450. The van der Waals surface area contributed by atoms with Crippen molar-refractivity contribution in [2.24, 2.45) is 0 Å². The summed E-state index contributed by atoms with van der Waals surface area (Å²) >= 11 is 0. The van der Waals surface area contributed by atoms with E-state index in [1.807, 2.05) is 35.2 Å². The standard InChI is InChI=1S/C20H23N3O3/c1-12-21-17-11-15-9-8-14(10-16(17)19(24)22-12)23(15)20(25)18(26-2)13-6-4-3-5-7-13/h3-7,14-15,18H,8-11H2,1-2H3,(H,21,22,24)/t14-,15-,18-/m0/s1. The van der Waals surface area contributed by atoms with Gasteiger partial charge in [-0.2, -0.15) is 0 Å². The van der Waals surface area contributed by atoms with Crippen molar-refractivity contribution < 1.29 is 9.53 Å². The lowest BCUT2D eigenvalue weighted by molar-refractivity contribution is -0.145. The van der Waals surface area contributed by atoms with Crippen molar-refractivity contribution in [2.45, 2.75) is 50.8 Å². The predicted octanol–water partition coefficient (Wildman–Crippen LogP) is 1.92. The first kappa shape index (κ1) is 17.0. The van der Waals surface area contributed by atoms with Crippen molar-refractivity contribution in [3.63, 3.8) is 0 Å². The van der Waals surface area contributed by atoms with E-state index in [2.05, 4.69) is 9.97 Å². The van der Waals surface area contributed by atoms with Gasteiger partial charge in [-0.25, -0.2) is 4.98 Å². The summed E-state index contributed by atoms with van der Waals surface area (Å²) in [6.45, 7) is 1.80. The Kier molecular flexibility index (Phi) is 4.36. The number of amides is 1. The average molecular weight is 353 g/mol. The molecule has 3 heterocycles. The lowest BCUT2D eigenvalue weighted by Crippen LogP contribution is -2.44. The first-order valence-corrected chi connectivity index (χ1v) is 9.07. The van der Waals surface area contributed by atoms with E-state index >= 15 is 0 Å². The number of nitrogens with one attached hydrogen (secondary N) is 1. The summed E-state index contributed by atoms with van der Waals surface area (Å²) in [6, 6.07) is 9.67. The quantitative estimate of drug-likeness (QED) is 0.915. The van der Waals surface area contributed by atoms with Crippen LogP contribution in [-0.2, 0) is 22.4 Å². The molecule has 1 amide bonds. The minimum atomic E-state index is -0.617. The van der Waals surface area contributed by atoms with Crippen LogP contribution in [0.1, 0.15) is 41.6 Å². The number of hydrogen-bond acceptors (Lipinski definition) is 4. The van der Waals surface area contributed by atoms with Crippen molar-refractivity contribution in [1.29, 1.82) is 0 Å². The van der Waals surface area contributed by atoms with Crippen LogP contribution in [0.15, 0.2) is 35.1 Å². The van der Waals surface area contributed by atoms with Crippen molar-refractivity contribution in [1.82, 2.24) is 14.9 Å². The summed E-state index contributed by atoms with van der Waals surface area (Å²) in [5.41, 5.74) is 2.35. The molecule has 0 radical (unpaired) electrons. The highest BCUT2D eigenvalue weighted by Gasteiger charge is 2.43. The van der Waals surface area contributed by atoms with Crippen molar-refractivity contribution in [3.05, 3.63) is 63.3 Å². The van der Waals surface area contributed by atoms with Crippen molar-refractivity contribution in [3.8, 4) is 0 Å². The number of H-pyrrole nitrogens is 1. The van der Waals surface area contributed by atoms with Gasteiger partial charge in [0.15, 0.2) is 6.10 Å². The van der Waals surface area contributed by atoms with Crippen LogP contribution in [0.5, 0.6) is 0 Å². The van der Waals surface area contributed by atoms with E-state index < -0.39 is 6.10 Å².